The van der Waals surface area contributed by atoms with E-state index in [1.165, 1.54) is 15.9 Å². The number of hydrogen-bond donors (Lipinski definition) is 1. The van der Waals surface area contributed by atoms with Gasteiger partial charge in [-0.15, -0.1) is 11.3 Å². The van der Waals surface area contributed by atoms with Crippen LogP contribution in [0.5, 0.6) is 0 Å². The molecule has 1 N–H and O–H groups in total. The number of nitrogens with zero attached hydrogens (tertiary/aromatic N) is 3. The van der Waals surface area contributed by atoms with Crippen LogP contribution in [-0.2, 0) is 11.3 Å². The van der Waals surface area contributed by atoms with Gasteiger partial charge >= 0.3 is 0 Å². The number of aromatic nitrogens is 2. The highest BCUT2D eigenvalue weighted by atomic mass is 32.1. The first kappa shape index (κ1) is 15.6. The average molecular weight is 323 g/mol. The number of hydrogen-bond acceptors (Lipinski definition) is 6. The number of aliphatic hydroxyl groups excluding tert-OH is 1. The first-order valence-corrected chi connectivity index (χ1v) is 8.31. The molecular formula is C15H21N3O3S. The molecule has 2 aromatic rings. The molecular weight excluding hydrogens is 302 g/mol. The normalized spacial score (nSPS) is 18.0. The predicted octanol–water partition coefficient (Wildman–Crippen LogP) is 0.768. The van der Waals surface area contributed by atoms with Crippen LogP contribution in [0.4, 0.5) is 0 Å². The van der Waals surface area contributed by atoms with Gasteiger partial charge in [-0.3, -0.25) is 14.3 Å². The van der Waals surface area contributed by atoms with Crippen molar-refractivity contribution in [2.75, 3.05) is 32.8 Å². The van der Waals surface area contributed by atoms with Crippen LogP contribution in [0, 0.1) is 13.8 Å². The van der Waals surface area contributed by atoms with Crippen molar-refractivity contribution in [1.82, 2.24) is 14.5 Å². The van der Waals surface area contributed by atoms with Crippen LogP contribution >= 0.6 is 11.3 Å². The lowest BCUT2D eigenvalue weighted by Gasteiger charge is -2.28. The van der Waals surface area contributed by atoms with Crippen LogP contribution < -0.4 is 5.56 Å². The Morgan fingerprint density at radius 2 is 2.09 bits per heavy atom. The highest BCUT2D eigenvalue weighted by Gasteiger charge is 2.17. The van der Waals surface area contributed by atoms with Gasteiger partial charge < -0.3 is 9.84 Å². The van der Waals surface area contributed by atoms with Gasteiger partial charge in [-0.1, -0.05) is 0 Å². The smallest absolute Gasteiger partial charge is 0.262 e. The Hall–Kier alpha value is -1.28. The van der Waals surface area contributed by atoms with E-state index in [4.69, 9.17) is 4.74 Å². The van der Waals surface area contributed by atoms with Gasteiger partial charge in [0, 0.05) is 24.5 Å². The first-order chi connectivity index (χ1) is 10.6. The molecule has 1 saturated heterocycles. The largest absolute Gasteiger partial charge is 0.390 e. The maximum atomic E-state index is 12.6. The molecule has 0 aliphatic carbocycles. The zero-order valence-electron chi connectivity index (χ0n) is 12.9. The molecule has 1 aliphatic heterocycles. The minimum absolute atomic E-state index is 0.0622. The number of aliphatic hydroxyl groups is 1. The van der Waals surface area contributed by atoms with Gasteiger partial charge in [-0.25, -0.2) is 4.98 Å². The molecule has 0 saturated carbocycles. The fourth-order valence-electron chi connectivity index (χ4n) is 2.77. The van der Waals surface area contributed by atoms with E-state index in [2.05, 4.69) is 9.88 Å². The van der Waals surface area contributed by atoms with E-state index in [1.807, 2.05) is 13.8 Å². The monoisotopic (exact) mass is 323 g/mol. The SMILES string of the molecule is Cc1sc2ncn(CC(O)CN3CCOCC3)c(=O)c2c1C. The Bertz CT molecular complexity index is 719. The third-order valence-corrected chi connectivity index (χ3v) is 5.25. The number of fused-ring (bicyclic) bond motifs is 1. The molecule has 7 heteroatoms. The first-order valence-electron chi connectivity index (χ1n) is 7.49. The van der Waals surface area contributed by atoms with E-state index in [0.29, 0.717) is 25.1 Å². The fourth-order valence-corrected chi connectivity index (χ4v) is 3.75. The molecule has 3 heterocycles. The molecule has 0 amide bonds. The van der Waals surface area contributed by atoms with Crippen molar-refractivity contribution in [2.24, 2.45) is 0 Å². The predicted molar refractivity (Wildman–Crippen MR) is 86.6 cm³/mol. The Kier molecular flexibility index (Phi) is 4.58. The van der Waals surface area contributed by atoms with Gasteiger partial charge in [0.25, 0.3) is 5.56 Å². The van der Waals surface area contributed by atoms with Gasteiger partial charge in [-0.2, -0.15) is 0 Å². The number of morpholine rings is 1. The minimum atomic E-state index is -0.588. The van der Waals surface area contributed by atoms with E-state index < -0.39 is 6.10 Å². The molecule has 0 aromatic carbocycles. The zero-order chi connectivity index (χ0) is 15.7. The van der Waals surface area contributed by atoms with Crippen LogP contribution in [0.25, 0.3) is 10.2 Å². The van der Waals surface area contributed by atoms with Crippen LogP contribution in [0.1, 0.15) is 10.4 Å². The highest BCUT2D eigenvalue weighted by Crippen LogP contribution is 2.25. The number of thiophene rings is 1. The molecule has 2 aromatic heterocycles. The molecule has 1 unspecified atom stereocenters. The average Bonchev–Trinajstić information content (AvgIpc) is 2.79. The Morgan fingerprint density at radius 1 is 1.36 bits per heavy atom. The molecule has 1 atom stereocenters. The lowest BCUT2D eigenvalue weighted by atomic mass is 10.2. The lowest BCUT2D eigenvalue weighted by molar-refractivity contribution is 0.0113. The summed E-state index contributed by atoms with van der Waals surface area (Å²) in [4.78, 5) is 21.0. The zero-order valence-corrected chi connectivity index (χ0v) is 13.7. The van der Waals surface area contributed by atoms with Gasteiger partial charge in [-0.05, 0) is 19.4 Å². The molecule has 0 spiro atoms. The number of aryl methyl sites for hydroxylation is 2. The molecule has 0 bridgehead atoms. The number of ether oxygens (including phenoxy) is 1. The molecule has 22 heavy (non-hydrogen) atoms. The van der Waals surface area contributed by atoms with E-state index in [-0.39, 0.29) is 12.1 Å². The summed E-state index contributed by atoms with van der Waals surface area (Å²) in [6.07, 6.45) is 0.956. The van der Waals surface area contributed by atoms with Crippen LogP contribution in [0.3, 0.4) is 0 Å². The number of rotatable bonds is 4. The lowest BCUT2D eigenvalue weighted by Crippen LogP contribution is -2.42. The summed E-state index contributed by atoms with van der Waals surface area (Å²) in [6.45, 7) is 7.83. The van der Waals surface area contributed by atoms with Gasteiger partial charge in [0.2, 0.25) is 0 Å². The van der Waals surface area contributed by atoms with Crippen LogP contribution in [-0.4, -0.2) is 58.5 Å². The van der Waals surface area contributed by atoms with Crippen molar-refractivity contribution in [1.29, 1.82) is 0 Å². The number of β-amino-alcohol motifs (C(OH)–C–C–N with tert-alkyl or cyclic N) is 1. The topological polar surface area (TPSA) is 67.6 Å². The second-order valence-corrected chi connectivity index (χ2v) is 6.94. The molecule has 1 aliphatic rings. The van der Waals surface area contributed by atoms with Crippen molar-refractivity contribution >= 4 is 21.6 Å². The van der Waals surface area contributed by atoms with Crippen molar-refractivity contribution in [3.05, 3.63) is 27.1 Å². The summed E-state index contributed by atoms with van der Waals surface area (Å²) < 4.78 is 6.82. The molecule has 1 fully saturated rings. The quantitative estimate of drug-likeness (QED) is 0.900. The summed E-state index contributed by atoms with van der Waals surface area (Å²) in [5, 5.41) is 10.9. The maximum absolute atomic E-state index is 12.6. The second-order valence-electron chi connectivity index (χ2n) is 5.73. The Morgan fingerprint density at radius 3 is 2.82 bits per heavy atom. The van der Waals surface area contributed by atoms with Gasteiger partial charge in [0.1, 0.15) is 4.83 Å². The second kappa shape index (κ2) is 6.45. The molecule has 0 radical (unpaired) electrons. The third-order valence-electron chi connectivity index (χ3n) is 4.14. The summed E-state index contributed by atoms with van der Waals surface area (Å²) in [5.74, 6) is 0. The van der Waals surface area contributed by atoms with Gasteiger partial charge in [0.15, 0.2) is 0 Å². The summed E-state index contributed by atoms with van der Waals surface area (Å²) in [7, 11) is 0. The van der Waals surface area contributed by atoms with Crippen molar-refractivity contribution in [3.8, 4) is 0 Å². The van der Waals surface area contributed by atoms with E-state index >= 15 is 0 Å². The minimum Gasteiger partial charge on any atom is -0.390 e. The highest BCUT2D eigenvalue weighted by molar-refractivity contribution is 7.18. The van der Waals surface area contributed by atoms with E-state index in [1.54, 1.807) is 6.33 Å². The van der Waals surface area contributed by atoms with E-state index in [0.717, 1.165) is 28.4 Å². The van der Waals surface area contributed by atoms with Crippen molar-refractivity contribution in [3.63, 3.8) is 0 Å². The molecule has 120 valence electrons. The third kappa shape index (κ3) is 3.08. The Balaban J connectivity index is 1.77. The van der Waals surface area contributed by atoms with Crippen LogP contribution in [0.15, 0.2) is 11.1 Å². The molecule has 6 nitrogen and oxygen atoms in total. The van der Waals surface area contributed by atoms with E-state index in [9.17, 15) is 9.90 Å². The molecule has 3 rings (SSSR count). The van der Waals surface area contributed by atoms with Crippen LogP contribution in [0.2, 0.25) is 0 Å². The summed E-state index contributed by atoms with van der Waals surface area (Å²) in [5.41, 5.74) is 0.933. The maximum Gasteiger partial charge on any atom is 0.262 e. The van der Waals surface area contributed by atoms with Crippen molar-refractivity contribution in [2.45, 2.75) is 26.5 Å². The standard InChI is InChI=1S/C15H21N3O3S/c1-10-11(2)22-14-13(10)15(20)18(9-16-14)8-12(19)7-17-3-5-21-6-4-17/h9,12,19H,3-8H2,1-2H3. The fraction of sp³-hybridized carbons (Fsp3) is 0.600. The van der Waals surface area contributed by atoms with Gasteiger partial charge in [0.05, 0.1) is 37.6 Å². The van der Waals surface area contributed by atoms with Crippen molar-refractivity contribution < 1.29 is 9.84 Å². The summed E-state index contributed by atoms with van der Waals surface area (Å²) in [6, 6.07) is 0. The summed E-state index contributed by atoms with van der Waals surface area (Å²) >= 11 is 1.54. The Labute approximate surface area is 133 Å².